The van der Waals surface area contributed by atoms with Gasteiger partial charge in [0.1, 0.15) is 32.7 Å². The van der Waals surface area contributed by atoms with E-state index >= 15 is 0 Å². The standard InChI is InChI=1S/C22H26ClN3O3S/c23-17-5-6-21-19(15-17)26(18-3-1-2-4-20(18)30-21)22(28)16-25-9-7-24(8-10-25)11-13-29-14-12-27/h1-6,15,27H,7-14,16H2/p+2. The molecule has 160 valence electrons. The number of benzene rings is 2. The van der Waals surface area contributed by atoms with Crippen molar-refractivity contribution in [1.82, 2.24) is 0 Å². The first-order valence-corrected chi connectivity index (χ1v) is 11.6. The van der Waals surface area contributed by atoms with Crippen LogP contribution in [-0.2, 0) is 9.53 Å². The molecule has 0 aliphatic carbocycles. The fourth-order valence-electron chi connectivity index (χ4n) is 4.06. The van der Waals surface area contributed by atoms with Gasteiger partial charge in [0.25, 0.3) is 5.91 Å². The Hall–Kier alpha value is -1.61. The SMILES string of the molecule is O=C(C[NH+]1CC[NH+](CCOCCO)CC1)N1c2ccccc2Sc2ccc(Cl)cc21. The van der Waals surface area contributed by atoms with E-state index in [1.807, 2.05) is 41.3 Å². The molecule has 0 saturated carbocycles. The third kappa shape index (κ3) is 4.99. The monoisotopic (exact) mass is 449 g/mol. The maximum absolute atomic E-state index is 13.4. The van der Waals surface area contributed by atoms with Crippen molar-refractivity contribution in [2.24, 2.45) is 0 Å². The number of halogens is 1. The number of anilines is 2. The Balaban J connectivity index is 1.41. The number of rotatable bonds is 7. The lowest BCUT2D eigenvalue weighted by Crippen LogP contribution is -3.28. The molecule has 0 aromatic heterocycles. The van der Waals surface area contributed by atoms with Crippen LogP contribution in [0.1, 0.15) is 0 Å². The van der Waals surface area contributed by atoms with E-state index in [2.05, 4.69) is 6.07 Å². The molecule has 4 rings (SSSR count). The summed E-state index contributed by atoms with van der Waals surface area (Å²) in [5.41, 5.74) is 1.81. The van der Waals surface area contributed by atoms with E-state index in [0.717, 1.165) is 53.9 Å². The van der Waals surface area contributed by atoms with Gasteiger partial charge in [0.15, 0.2) is 6.54 Å². The number of carbonyl (C=O) groups is 1. The van der Waals surface area contributed by atoms with Crippen LogP contribution in [-0.4, -0.2) is 70.1 Å². The van der Waals surface area contributed by atoms with Crippen LogP contribution in [0.15, 0.2) is 52.3 Å². The number of ether oxygens (including phenoxy) is 1. The van der Waals surface area contributed by atoms with Gasteiger partial charge in [-0.3, -0.25) is 9.69 Å². The summed E-state index contributed by atoms with van der Waals surface area (Å²) in [6, 6.07) is 13.8. The number of para-hydroxylation sites is 1. The molecule has 6 nitrogen and oxygen atoms in total. The number of hydrogen-bond acceptors (Lipinski definition) is 4. The fourth-order valence-corrected chi connectivity index (χ4v) is 5.26. The normalized spacial score (nSPS) is 20.5. The number of amides is 1. The van der Waals surface area contributed by atoms with Gasteiger partial charge in [-0.05, 0) is 30.3 Å². The number of hydrogen-bond donors (Lipinski definition) is 3. The molecule has 1 saturated heterocycles. The van der Waals surface area contributed by atoms with Gasteiger partial charge in [-0.2, -0.15) is 0 Å². The summed E-state index contributed by atoms with van der Waals surface area (Å²) in [5.74, 6) is 0.107. The predicted octanol–water partition coefficient (Wildman–Crippen LogP) is 0.262. The molecule has 0 spiro atoms. The quantitative estimate of drug-likeness (QED) is 0.531. The van der Waals surface area contributed by atoms with E-state index in [0.29, 0.717) is 24.8 Å². The minimum atomic E-state index is 0.0713. The highest BCUT2D eigenvalue weighted by Gasteiger charge is 2.32. The van der Waals surface area contributed by atoms with Crippen molar-refractivity contribution in [2.45, 2.75) is 9.79 Å². The molecule has 2 aliphatic rings. The van der Waals surface area contributed by atoms with Crippen molar-refractivity contribution in [3.8, 4) is 0 Å². The van der Waals surface area contributed by atoms with Crippen LogP contribution in [0.3, 0.4) is 0 Å². The highest BCUT2D eigenvalue weighted by atomic mass is 35.5. The number of carbonyl (C=O) groups excluding carboxylic acids is 1. The van der Waals surface area contributed by atoms with Crippen LogP contribution in [0.2, 0.25) is 5.02 Å². The lowest BCUT2D eigenvalue weighted by Gasteiger charge is -2.33. The first-order chi connectivity index (χ1) is 14.7. The van der Waals surface area contributed by atoms with Crippen LogP contribution in [0, 0.1) is 0 Å². The summed E-state index contributed by atoms with van der Waals surface area (Å²) in [4.78, 5) is 20.2. The number of aliphatic hydroxyl groups excluding tert-OH is 1. The second-order valence-corrected chi connectivity index (χ2v) is 9.19. The van der Waals surface area contributed by atoms with Gasteiger partial charge < -0.3 is 19.6 Å². The number of quaternary nitrogens is 2. The van der Waals surface area contributed by atoms with Crippen LogP contribution in [0.25, 0.3) is 0 Å². The molecule has 2 aromatic carbocycles. The molecule has 1 fully saturated rings. The van der Waals surface area contributed by atoms with E-state index in [-0.39, 0.29) is 12.5 Å². The minimum Gasteiger partial charge on any atom is -0.394 e. The van der Waals surface area contributed by atoms with Crippen molar-refractivity contribution in [3.63, 3.8) is 0 Å². The van der Waals surface area contributed by atoms with Gasteiger partial charge in [-0.25, -0.2) is 0 Å². The maximum atomic E-state index is 13.4. The zero-order valence-electron chi connectivity index (χ0n) is 16.9. The Morgan fingerprint density at radius 1 is 1.03 bits per heavy atom. The van der Waals surface area contributed by atoms with Gasteiger partial charge in [0, 0.05) is 14.8 Å². The highest BCUT2D eigenvalue weighted by Crippen LogP contribution is 2.48. The summed E-state index contributed by atoms with van der Waals surface area (Å²) < 4.78 is 5.38. The molecule has 2 heterocycles. The first kappa shape index (κ1) is 21.6. The summed E-state index contributed by atoms with van der Waals surface area (Å²) in [6.07, 6.45) is 0. The molecule has 0 radical (unpaired) electrons. The van der Waals surface area contributed by atoms with Gasteiger partial charge >= 0.3 is 0 Å². The van der Waals surface area contributed by atoms with E-state index in [9.17, 15) is 4.79 Å². The molecular formula is C22H28ClN3O3S+2. The smallest absolute Gasteiger partial charge is 0.286 e. The van der Waals surface area contributed by atoms with Crippen molar-refractivity contribution in [2.75, 3.05) is 64.0 Å². The Bertz CT molecular complexity index is 890. The molecule has 2 aliphatic heterocycles. The van der Waals surface area contributed by atoms with Crippen molar-refractivity contribution in [1.29, 1.82) is 0 Å². The summed E-state index contributed by atoms with van der Waals surface area (Å²) in [5, 5.41) is 9.43. The molecule has 2 aromatic rings. The Kier molecular flexibility index (Phi) is 7.30. The van der Waals surface area contributed by atoms with Gasteiger partial charge in [-0.1, -0.05) is 35.5 Å². The van der Waals surface area contributed by atoms with Gasteiger partial charge in [-0.15, -0.1) is 0 Å². The van der Waals surface area contributed by atoms with Crippen molar-refractivity contribution in [3.05, 3.63) is 47.5 Å². The van der Waals surface area contributed by atoms with Crippen molar-refractivity contribution < 1.29 is 24.4 Å². The van der Waals surface area contributed by atoms with Crippen LogP contribution in [0.5, 0.6) is 0 Å². The molecule has 1 amide bonds. The zero-order valence-corrected chi connectivity index (χ0v) is 18.5. The third-order valence-electron chi connectivity index (χ3n) is 5.64. The Morgan fingerprint density at radius 3 is 2.57 bits per heavy atom. The second-order valence-electron chi connectivity index (χ2n) is 7.67. The zero-order chi connectivity index (χ0) is 20.9. The van der Waals surface area contributed by atoms with Gasteiger partial charge in [0.05, 0.1) is 31.2 Å². The first-order valence-electron chi connectivity index (χ1n) is 10.4. The molecule has 8 heteroatoms. The third-order valence-corrected chi connectivity index (χ3v) is 7.00. The Morgan fingerprint density at radius 2 is 1.77 bits per heavy atom. The molecule has 0 bridgehead atoms. The summed E-state index contributed by atoms with van der Waals surface area (Å²) in [6.45, 7) is 6.55. The van der Waals surface area contributed by atoms with Crippen LogP contribution >= 0.6 is 23.4 Å². The maximum Gasteiger partial charge on any atom is 0.286 e. The van der Waals surface area contributed by atoms with Crippen LogP contribution < -0.4 is 14.7 Å². The molecule has 0 unspecified atom stereocenters. The Labute approximate surface area is 186 Å². The van der Waals surface area contributed by atoms with Crippen LogP contribution in [0.4, 0.5) is 11.4 Å². The number of piperazine rings is 1. The van der Waals surface area contributed by atoms with E-state index in [1.165, 1.54) is 9.80 Å². The molecule has 30 heavy (non-hydrogen) atoms. The lowest BCUT2D eigenvalue weighted by atomic mass is 10.2. The van der Waals surface area contributed by atoms with Gasteiger partial charge in [0.2, 0.25) is 0 Å². The number of aliphatic hydroxyl groups is 1. The largest absolute Gasteiger partial charge is 0.394 e. The lowest BCUT2D eigenvalue weighted by molar-refractivity contribution is -1.01. The summed E-state index contributed by atoms with van der Waals surface area (Å²) >= 11 is 7.94. The predicted molar refractivity (Wildman–Crippen MR) is 118 cm³/mol. The second kappa shape index (κ2) is 10.1. The molecule has 3 N–H and O–H groups in total. The van der Waals surface area contributed by atoms with E-state index < -0.39 is 0 Å². The minimum absolute atomic E-state index is 0.0713. The van der Waals surface area contributed by atoms with Crippen molar-refractivity contribution >= 4 is 40.6 Å². The average molecular weight is 450 g/mol. The van der Waals surface area contributed by atoms with E-state index in [4.69, 9.17) is 21.4 Å². The number of nitrogens with one attached hydrogen (secondary N) is 2. The number of fused-ring (bicyclic) bond motifs is 2. The average Bonchev–Trinajstić information content (AvgIpc) is 2.76. The fraction of sp³-hybridized carbons (Fsp3) is 0.409. The highest BCUT2D eigenvalue weighted by molar-refractivity contribution is 7.99. The van der Waals surface area contributed by atoms with E-state index in [1.54, 1.807) is 11.8 Å². The number of nitrogens with zero attached hydrogens (tertiary/aromatic N) is 1. The summed E-state index contributed by atoms with van der Waals surface area (Å²) in [7, 11) is 0. The molecular weight excluding hydrogens is 422 g/mol. The topological polar surface area (TPSA) is 58.7 Å². The molecule has 0 atom stereocenters.